The minimum absolute atomic E-state index is 0.0536. The Morgan fingerprint density at radius 1 is 1.33 bits per heavy atom. The Labute approximate surface area is 120 Å². The molecule has 0 saturated heterocycles. The van der Waals surface area contributed by atoms with Gasteiger partial charge in [-0.15, -0.1) is 0 Å². The second-order valence-corrected chi connectivity index (χ2v) is 4.47. The number of para-hydroxylation sites is 1. The van der Waals surface area contributed by atoms with E-state index in [0.717, 1.165) is 0 Å². The molecular formula is C11H8Br2O5. The monoisotopic (exact) mass is 378 g/mol. The van der Waals surface area contributed by atoms with Gasteiger partial charge in [-0.25, -0.2) is 9.59 Å². The molecule has 0 heterocycles. The Morgan fingerprint density at radius 3 is 2.50 bits per heavy atom. The molecule has 0 atom stereocenters. The van der Waals surface area contributed by atoms with Crippen LogP contribution in [0.2, 0.25) is 0 Å². The summed E-state index contributed by atoms with van der Waals surface area (Å²) in [7, 11) is 0. The molecule has 0 unspecified atom stereocenters. The van der Waals surface area contributed by atoms with Gasteiger partial charge in [0.25, 0.3) is 0 Å². The Morgan fingerprint density at radius 2 is 2.00 bits per heavy atom. The predicted molar refractivity (Wildman–Crippen MR) is 70.8 cm³/mol. The molecule has 7 heteroatoms. The van der Waals surface area contributed by atoms with E-state index in [1.807, 2.05) is 0 Å². The molecule has 1 aromatic rings. The van der Waals surface area contributed by atoms with Crippen molar-refractivity contribution in [2.24, 2.45) is 0 Å². The summed E-state index contributed by atoms with van der Waals surface area (Å²) in [6.07, 6.45) is 0.614. The number of rotatable bonds is 5. The first-order valence-corrected chi connectivity index (χ1v) is 6.12. The van der Waals surface area contributed by atoms with Crippen LogP contribution >= 0.6 is 32.2 Å². The second kappa shape index (κ2) is 6.55. The van der Waals surface area contributed by atoms with Crippen LogP contribution in [0.3, 0.4) is 0 Å². The normalized spacial score (nSPS) is 11.1. The van der Waals surface area contributed by atoms with Gasteiger partial charge in [0.15, 0.2) is 22.0 Å². The number of carbonyl (C=O) groups is 2. The van der Waals surface area contributed by atoms with Crippen LogP contribution in [0.1, 0.15) is 5.56 Å². The standard InChI is InChI=1S/C11H8Br2O5/c12-8-3-1-2-6(10(8)18-13)4-7(11(16)17)5-9(14)15/h1-3,5H,4H2,(H,14,15)(H,16,17). The molecule has 18 heavy (non-hydrogen) atoms. The fraction of sp³-hybridized carbons (Fsp3) is 0.0909. The minimum atomic E-state index is -1.30. The molecular weight excluding hydrogens is 372 g/mol. The fourth-order valence-corrected chi connectivity index (χ4v) is 2.41. The highest BCUT2D eigenvalue weighted by molar-refractivity contribution is 9.10. The maximum absolute atomic E-state index is 10.9. The van der Waals surface area contributed by atoms with Crippen LogP contribution in [0.25, 0.3) is 0 Å². The zero-order valence-electron chi connectivity index (χ0n) is 8.89. The fourth-order valence-electron chi connectivity index (χ4n) is 1.32. The van der Waals surface area contributed by atoms with Crippen LogP contribution in [0.5, 0.6) is 5.75 Å². The molecule has 96 valence electrons. The quantitative estimate of drug-likeness (QED) is 0.768. The summed E-state index contributed by atoms with van der Waals surface area (Å²) < 4.78 is 5.60. The number of halogens is 2. The highest BCUT2D eigenvalue weighted by atomic mass is 79.9. The van der Waals surface area contributed by atoms with E-state index in [2.05, 4.69) is 32.2 Å². The lowest BCUT2D eigenvalue weighted by Gasteiger charge is -2.08. The summed E-state index contributed by atoms with van der Waals surface area (Å²) in [5.41, 5.74) is 0.322. The maximum atomic E-state index is 10.9. The van der Waals surface area contributed by atoms with Crippen molar-refractivity contribution in [3.63, 3.8) is 0 Å². The Bertz CT molecular complexity index is 510. The molecule has 1 aromatic carbocycles. The van der Waals surface area contributed by atoms with E-state index in [1.165, 1.54) is 0 Å². The van der Waals surface area contributed by atoms with Crippen molar-refractivity contribution >= 4 is 44.1 Å². The number of carboxylic acid groups (broad SMARTS) is 2. The van der Waals surface area contributed by atoms with E-state index in [0.29, 0.717) is 21.9 Å². The molecule has 0 amide bonds. The Hall–Kier alpha value is -1.34. The lowest BCUT2D eigenvalue weighted by Crippen LogP contribution is -2.07. The number of aliphatic carboxylic acids is 2. The average molecular weight is 380 g/mol. The van der Waals surface area contributed by atoms with Crippen molar-refractivity contribution in [1.82, 2.24) is 0 Å². The van der Waals surface area contributed by atoms with Crippen LogP contribution in [-0.4, -0.2) is 22.2 Å². The number of carboxylic acids is 2. The second-order valence-electron chi connectivity index (χ2n) is 3.29. The van der Waals surface area contributed by atoms with Gasteiger partial charge in [0.2, 0.25) is 0 Å². The first-order valence-electron chi connectivity index (χ1n) is 4.68. The zero-order valence-corrected chi connectivity index (χ0v) is 12.1. The molecule has 0 bridgehead atoms. The van der Waals surface area contributed by atoms with Gasteiger partial charge in [0.05, 0.1) is 4.47 Å². The molecule has 0 aliphatic rings. The highest BCUT2D eigenvalue weighted by Gasteiger charge is 2.15. The van der Waals surface area contributed by atoms with E-state index in [-0.39, 0.29) is 12.0 Å². The van der Waals surface area contributed by atoms with Crippen molar-refractivity contribution in [3.05, 3.63) is 39.9 Å². The molecule has 0 saturated carbocycles. The summed E-state index contributed by atoms with van der Waals surface area (Å²) >= 11 is 6.07. The molecule has 2 N–H and O–H groups in total. The first-order chi connectivity index (χ1) is 8.45. The molecule has 0 aliphatic carbocycles. The molecule has 0 fully saturated rings. The molecule has 0 aliphatic heterocycles. The summed E-state index contributed by atoms with van der Waals surface area (Å²) in [5.74, 6) is -2.17. The van der Waals surface area contributed by atoms with Gasteiger partial charge < -0.3 is 14.0 Å². The van der Waals surface area contributed by atoms with Crippen molar-refractivity contribution in [1.29, 1.82) is 0 Å². The van der Waals surface area contributed by atoms with Crippen molar-refractivity contribution in [2.75, 3.05) is 0 Å². The first kappa shape index (κ1) is 14.7. The average Bonchev–Trinajstić information content (AvgIpc) is 2.27. The third-order valence-electron chi connectivity index (χ3n) is 2.08. The van der Waals surface area contributed by atoms with Crippen molar-refractivity contribution < 1.29 is 23.6 Å². The Balaban J connectivity index is 3.13. The lowest BCUT2D eigenvalue weighted by atomic mass is 10.0. The molecule has 0 spiro atoms. The van der Waals surface area contributed by atoms with E-state index >= 15 is 0 Å². The van der Waals surface area contributed by atoms with Crippen LogP contribution < -0.4 is 3.83 Å². The summed E-state index contributed by atoms with van der Waals surface area (Å²) in [5, 5.41) is 17.5. The van der Waals surface area contributed by atoms with Gasteiger partial charge in [-0.05, 0) is 22.0 Å². The van der Waals surface area contributed by atoms with Gasteiger partial charge in [0.1, 0.15) is 0 Å². The van der Waals surface area contributed by atoms with Gasteiger partial charge in [0, 0.05) is 23.6 Å². The predicted octanol–water partition coefficient (Wildman–Crippen LogP) is 2.78. The summed E-state index contributed by atoms with van der Waals surface area (Å²) in [6.45, 7) is 0. The SMILES string of the molecule is O=C(O)C=C(Cc1cccc(Br)c1OBr)C(=O)O. The zero-order chi connectivity index (χ0) is 13.7. The molecule has 5 nitrogen and oxygen atoms in total. The molecule has 1 rings (SSSR count). The number of hydrogen-bond acceptors (Lipinski definition) is 3. The highest BCUT2D eigenvalue weighted by Crippen LogP contribution is 2.31. The third kappa shape index (κ3) is 3.85. The smallest absolute Gasteiger partial charge is 0.332 e. The third-order valence-corrected chi connectivity index (χ3v) is 3.03. The van der Waals surface area contributed by atoms with Gasteiger partial charge in [-0.3, -0.25) is 0 Å². The van der Waals surface area contributed by atoms with Gasteiger partial charge in [-0.2, -0.15) is 0 Å². The lowest BCUT2D eigenvalue weighted by molar-refractivity contribution is -0.135. The number of benzene rings is 1. The largest absolute Gasteiger partial charge is 0.478 e. The van der Waals surface area contributed by atoms with E-state index in [9.17, 15) is 9.59 Å². The van der Waals surface area contributed by atoms with E-state index in [1.54, 1.807) is 18.2 Å². The summed E-state index contributed by atoms with van der Waals surface area (Å²) in [6, 6.07) is 5.08. The van der Waals surface area contributed by atoms with Crippen molar-refractivity contribution in [3.8, 4) is 5.75 Å². The van der Waals surface area contributed by atoms with E-state index in [4.69, 9.17) is 14.0 Å². The van der Waals surface area contributed by atoms with Gasteiger partial charge in [-0.1, -0.05) is 12.1 Å². The minimum Gasteiger partial charge on any atom is -0.478 e. The maximum Gasteiger partial charge on any atom is 0.332 e. The van der Waals surface area contributed by atoms with Crippen LogP contribution in [0, 0.1) is 0 Å². The topological polar surface area (TPSA) is 83.8 Å². The number of hydrogen-bond donors (Lipinski definition) is 2. The molecule has 0 radical (unpaired) electrons. The van der Waals surface area contributed by atoms with Crippen LogP contribution in [-0.2, 0) is 16.0 Å². The van der Waals surface area contributed by atoms with Crippen molar-refractivity contribution in [2.45, 2.75) is 6.42 Å². The van der Waals surface area contributed by atoms with E-state index < -0.39 is 11.9 Å². The molecule has 0 aromatic heterocycles. The van der Waals surface area contributed by atoms with Crippen LogP contribution in [0.4, 0.5) is 0 Å². The Kier molecular flexibility index (Phi) is 5.36. The van der Waals surface area contributed by atoms with Crippen LogP contribution in [0.15, 0.2) is 34.3 Å². The van der Waals surface area contributed by atoms with Gasteiger partial charge >= 0.3 is 11.9 Å². The summed E-state index contributed by atoms with van der Waals surface area (Å²) in [4.78, 5) is 21.5.